The van der Waals surface area contributed by atoms with Gasteiger partial charge in [-0.3, -0.25) is 0 Å². The second-order valence-corrected chi connectivity index (χ2v) is 15.2. The summed E-state index contributed by atoms with van der Waals surface area (Å²) in [4.78, 5) is 5.04. The number of hydrogen-bond donors (Lipinski definition) is 0. The van der Waals surface area contributed by atoms with Crippen molar-refractivity contribution in [2.24, 2.45) is 0 Å². The van der Waals surface area contributed by atoms with Crippen LogP contribution < -0.4 is 10.4 Å². The molecule has 0 fully saturated rings. The Bertz CT molecular complexity index is 1820. The van der Waals surface area contributed by atoms with Crippen LogP contribution in [-0.2, 0) is 33.4 Å². The van der Waals surface area contributed by atoms with Crippen LogP contribution in [0.4, 0.5) is 0 Å². The van der Waals surface area contributed by atoms with E-state index in [2.05, 4.69) is 124 Å². The van der Waals surface area contributed by atoms with Gasteiger partial charge in [-0.05, 0) is 39.8 Å². The van der Waals surface area contributed by atoms with Gasteiger partial charge in [-0.25, -0.2) is 4.98 Å². The van der Waals surface area contributed by atoms with Crippen LogP contribution in [0.2, 0.25) is 0 Å². The maximum Gasteiger partial charge on any atom is 0.286 e. The van der Waals surface area contributed by atoms with Crippen LogP contribution in [0.1, 0.15) is 56.2 Å². The van der Waals surface area contributed by atoms with Gasteiger partial charge in [0, 0.05) is 23.1 Å². The lowest BCUT2D eigenvalue weighted by Crippen LogP contribution is -2.52. The first-order chi connectivity index (χ1) is 22.9. The average molecular weight is 635 g/mol. The van der Waals surface area contributed by atoms with E-state index in [9.17, 15) is 0 Å². The van der Waals surface area contributed by atoms with Crippen LogP contribution in [0, 0.1) is 0 Å². The standard InChI is InChI=1S/C42H40NO3Si/c1-41(2,3)36-27-16-28-37-35(36)26-17-29-42(37,46-47(33-22-12-6-13-23-33)34-24-14-7-15-25-34)44-30-38-43-39(31-18-8-4-9-19-31)40(45-38)32-20-10-5-11-21-32/h4-16,18-25,27-28H,17,26,29-30H2,1-3H3/t42-/m1/s1. The first-order valence-corrected chi connectivity index (χ1v) is 17.9. The molecule has 0 spiro atoms. The van der Waals surface area contributed by atoms with Crippen LogP contribution >= 0.6 is 0 Å². The molecule has 0 saturated carbocycles. The molecular formula is C42H40NO3Si. The Morgan fingerprint density at radius 1 is 0.702 bits per heavy atom. The number of benzene rings is 5. The number of nitrogens with zero attached hydrogens (tertiary/aromatic N) is 1. The third-order valence-electron chi connectivity index (χ3n) is 8.85. The van der Waals surface area contributed by atoms with E-state index in [1.165, 1.54) is 21.5 Å². The van der Waals surface area contributed by atoms with Crippen molar-refractivity contribution in [3.8, 4) is 22.6 Å². The molecule has 1 radical (unpaired) electrons. The zero-order valence-electron chi connectivity index (χ0n) is 27.3. The van der Waals surface area contributed by atoms with Crippen molar-refractivity contribution < 1.29 is 13.6 Å². The first kappa shape index (κ1) is 31.1. The second-order valence-electron chi connectivity index (χ2n) is 13.2. The first-order valence-electron chi connectivity index (χ1n) is 16.5. The van der Waals surface area contributed by atoms with Crippen molar-refractivity contribution in [1.82, 2.24) is 4.98 Å². The summed E-state index contributed by atoms with van der Waals surface area (Å²) in [6.45, 7) is 7.02. The summed E-state index contributed by atoms with van der Waals surface area (Å²) < 4.78 is 21.1. The van der Waals surface area contributed by atoms with E-state index in [1.54, 1.807) is 0 Å². The summed E-state index contributed by atoms with van der Waals surface area (Å²) in [5.41, 5.74) is 6.56. The van der Waals surface area contributed by atoms with Gasteiger partial charge >= 0.3 is 0 Å². The Morgan fingerprint density at radius 3 is 1.87 bits per heavy atom. The number of rotatable bonds is 9. The van der Waals surface area contributed by atoms with E-state index in [-0.39, 0.29) is 12.0 Å². The molecule has 5 aromatic carbocycles. The fourth-order valence-corrected chi connectivity index (χ4v) is 8.80. The molecule has 0 bridgehead atoms. The Morgan fingerprint density at radius 2 is 1.28 bits per heavy atom. The fourth-order valence-electron chi connectivity index (χ4n) is 6.64. The Balaban J connectivity index is 1.33. The normalized spacial score (nSPS) is 16.3. The molecule has 0 N–H and O–H groups in total. The number of fused-ring (bicyclic) bond motifs is 1. The smallest absolute Gasteiger partial charge is 0.286 e. The van der Waals surface area contributed by atoms with Crippen molar-refractivity contribution in [3.05, 3.63) is 162 Å². The summed E-state index contributed by atoms with van der Waals surface area (Å²) in [5.74, 6) is 0.282. The maximum absolute atomic E-state index is 7.48. The highest BCUT2D eigenvalue weighted by atomic mass is 28.3. The molecule has 0 saturated heterocycles. The molecule has 1 heterocycles. The summed E-state index contributed by atoms with van der Waals surface area (Å²) in [5, 5.41) is 2.36. The van der Waals surface area contributed by atoms with Crippen LogP contribution in [0.3, 0.4) is 0 Å². The topological polar surface area (TPSA) is 44.5 Å². The Labute approximate surface area is 279 Å². The van der Waals surface area contributed by atoms with Gasteiger partial charge in [0.15, 0.2) is 11.5 Å². The molecule has 47 heavy (non-hydrogen) atoms. The molecule has 1 aliphatic rings. The number of aromatic nitrogens is 1. The lowest BCUT2D eigenvalue weighted by molar-refractivity contribution is -0.214. The zero-order valence-corrected chi connectivity index (χ0v) is 28.3. The van der Waals surface area contributed by atoms with Gasteiger partial charge in [0.1, 0.15) is 12.3 Å². The van der Waals surface area contributed by atoms with Crippen molar-refractivity contribution in [2.75, 3.05) is 0 Å². The molecule has 0 amide bonds. The predicted octanol–water partition coefficient (Wildman–Crippen LogP) is 8.83. The van der Waals surface area contributed by atoms with Gasteiger partial charge < -0.3 is 13.6 Å². The van der Waals surface area contributed by atoms with E-state index < -0.39 is 14.8 Å². The molecule has 1 aliphatic carbocycles. The van der Waals surface area contributed by atoms with Gasteiger partial charge in [0.2, 0.25) is 5.89 Å². The molecule has 7 rings (SSSR count). The molecule has 6 aromatic rings. The van der Waals surface area contributed by atoms with Crippen LogP contribution in [0.25, 0.3) is 22.6 Å². The van der Waals surface area contributed by atoms with E-state index in [4.69, 9.17) is 18.6 Å². The monoisotopic (exact) mass is 634 g/mol. The molecule has 0 aliphatic heterocycles. The minimum absolute atomic E-state index is 0.0151. The largest absolute Gasteiger partial charge is 0.437 e. The number of hydrogen-bond acceptors (Lipinski definition) is 4. The summed E-state index contributed by atoms with van der Waals surface area (Å²) >= 11 is 0. The van der Waals surface area contributed by atoms with Gasteiger partial charge in [-0.1, -0.05) is 160 Å². The molecule has 1 aromatic heterocycles. The van der Waals surface area contributed by atoms with Crippen molar-refractivity contribution >= 4 is 19.4 Å². The van der Waals surface area contributed by atoms with E-state index in [0.29, 0.717) is 5.89 Å². The number of oxazole rings is 1. The van der Waals surface area contributed by atoms with Gasteiger partial charge in [0.25, 0.3) is 9.04 Å². The third-order valence-corrected chi connectivity index (χ3v) is 11.1. The van der Waals surface area contributed by atoms with Crippen molar-refractivity contribution in [1.29, 1.82) is 0 Å². The summed E-state index contributed by atoms with van der Waals surface area (Å²) in [7, 11) is -1.71. The van der Waals surface area contributed by atoms with Gasteiger partial charge in [-0.2, -0.15) is 0 Å². The zero-order chi connectivity index (χ0) is 32.3. The molecule has 5 heteroatoms. The number of ether oxygens (including phenoxy) is 1. The lowest BCUT2D eigenvalue weighted by Gasteiger charge is -2.42. The quantitative estimate of drug-likeness (QED) is 0.118. The van der Waals surface area contributed by atoms with E-state index in [1.807, 2.05) is 36.4 Å². The molecular weight excluding hydrogens is 595 g/mol. The van der Waals surface area contributed by atoms with Gasteiger partial charge in [-0.15, -0.1) is 0 Å². The fraction of sp³-hybridized carbons (Fsp3) is 0.214. The SMILES string of the molecule is CC(C)(C)c1cccc2c1CCC[C@@]2(OCc1nc(-c2ccccc2)c(-c2ccccc2)o1)O[Si](c1ccccc1)c1ccccc1. The van der Waals surface area contributed by atoms with Crippen molar-refractivity contribution in [2.45, 2.75) is 57.8 Å². The van der Waals surface area contributed by atoms with E-state index in [0.717, 1.165) is 47.4 Å². The highest BCUT2D eigenvalue weighted by Gasteiger charge is 2.44. The maximum atomic E-state index is 7.48. The second kappa shape index (κ2) is 13.3. The Kier molecular flexibility index (Phi) is 8.78. The van der Waals surface area contributed by atoms with E-state index >= 15 is 0 Å². The predicted molar refractivity (Wildman–Crippen MR) is 191 cm³/mol. The minimum atomic E-state index is -1.71. The minimum Gasteiger partial charge on any atom is -0.437 e. The lowest BCUT2D eigenvalue weighted by atomic mass is 9.76. The van der Waals surface area contributed by atoms with Crippen LogP contribution in [0.15, 0.2) is 144 Å². The average Bonchev–Trinajstić information content (AvgIpc) is 3.55. The van der Waals surface area contributed by atoms with Gasteiger partial charge in [0.05, 0.1) is 0 Å². The summed E-state index contributed by atoms with van der Waals surface area (Å²) in [6, 6.07) is 48.2. The highest BCUT2D eigenvalue weighted by molar-refractivity contribution is 6.80. The van der Waals surface area contributed by atoms with Crippen LogP contribution in [-0.4, -0.2) is 14.0 Å². The van der Waals surface area contributed by atoms with Crippen LogP contribution in [0.5, 0.6) is 0 Å². The van der Waals surface area contributed by atoms with Crippen molar-refractivity contribution in [3.63, 3.8) is 0 Å². The Hall–Kier alpha value is -4.55. The molecule has 4 nitrogen and oxygen atoms in total. The molecule has 235 valence electrons. The molecule has 0 unspecified atom stereocenters. The highest BCUT2D eigenvalue weighted by Crippen LogP contribution is 2.44. The molecule has 1 atom stereocenters. The third kappa shape index (κ3) is 6.52. The summed E-state index contributed by atoms with van der Waals surface area (Å²) in [6.07, 6.45) is 2.68.